The van der Waals surface area contributed by atoms with Crippen LogP contribution >= 0.6 is 0 Å². The van der Waals surface area contributed by atoms with Gasteiger partial charge in [-0.1, -0.05) is 49.6 Å². The third kappa shape index (κ3) is 20.1. The monoisotopic (exact) mass is 409 g/mol. The number of likely N-dealkylation sites (N-methyl/N-ethyl adjacent to an activating group) is 1. The van der Waals surface area contributed by atoms with Crippen molar-refractivity contribution in [2.45, 2.75) is 57.5 Å². The third-order valence-electron chi connectivity index (χ3n) is 3.90. The van der Waals surface area contributed by atoms with E-state index in [1.807, 2.05) is 33.3 Å². The molecule has 0 aliphatic rings. The van der Waals surface area contributed by atoms with Crippen LogP contribution in [-0.4, -0.2) is 61.3 Å². The molecule has 1 atom stereocenters. The van der Waals surface area contributed by atoms with Crippen LogP contribution in [0.2, 0.25) is 0 Å². The van der Waals surface area contributed by atoms with Crippen LogP contribution in [0.3, 0.4) is 0 Å². The maximum Gasteiger partial charge on any atom is 0.328 e. The molecule has 0 saturated carbocycles. The van der Waals surface area contributed by atoms with E-state index in [2.05, 4.69) is 0 Å². The molecule has 0 saturated heterocycles. The van der Waals surface area contributed by atoms with E-state index in [4.69, 9.17) is 9.84 Å². The van der Waals surface area contributed by atoms with Crippen molar-refractivity contribution in [1.29, 1.82) is 0 Å². The maximum absolute atomic E-state index is 11.9. The predicted molar refractivity (Wildman–Crippen MR) is 110 cm³/mol. The van der Waals surface area contributed by atoms with Gasteiger partial charge in [-0.05, 0) is 19.3 Å². The molecule has 0 aliphatic heterocycles. The number of hydrogen-bond acceptors (Lipinski definition) is 5. The molecule has 29 heavy (non-hydrogen) atoms. The van der Waals surface area contributed by atoms with Crippen LogP contribution in [0.15, 0.2) is 36.5 Å². The van der Waals surface area contributed by atoms with Crippen molar-refractivity contribution in [1.82, 2.24) is 0 Å². The summed E-state index contributed by atoms with van der Waals surface area (Å²) in [7, 11) is 5.74. The van der Waals surface area contributed by atoms with Gasteiger partial charge < -0.3 is 24.2 Å². The zero-order valence-corrected chi connectivity index (χ0v) is 17.8. The molecule has 164 valence electrons. The Bertz CT molecular complexity index is 587. The van der Waals surface area contributed by atoms with E-state index >= 15 is 0 Å². The fraction of sp³-hybridized carbons (Fsp3) is 0.591. The lowest BCUT2D eigenvalue weighted by Crippen LogP contribution is -2.45. The first-order valence-electron chi connectivity index (χ1n) is 10.0. The minimum absolute atomic E-state index is 0.278. The summed E-state index contributed by atoms with van der Waals surface area (Å²) >= 11 is 0. The molecule has 7 nitrogen and oxygen atoms in total. The van der Waals surface area contributed by atoms with Crippen molar-refractivity contribution in [3.05, 3.63) is 36.5 Å². The summed E-state index contributed by atoms with van der Waals surface area (Å²) in [6.45, 7) is 0.429. The number of quaternary nitrogens is 1. The molecule has 0 amide bonds. The Hall–Kier alpha value is -2.41. The summed E-state index contributed by atoms with van der Waals surface area (Å²) in [5.74, 6) is -2.53. The number of esters is 1. The topological polar surface area (TPSA) is 104 Å². The van der Waals surface area contributed by atoms with E-state index in [0.717, 1.165) is 44.6 Å². The predicted octanol–water partition coefficient (Wildman–Crippen LogP) is 2.23. The van der Waals surface area contributed by atoms with Gasteiger partial charge in [0.1, 0.15) is 6.54 Å². The lowest BCUT2D eigenvalue weighted by molar-refractivity contribution is -0.873. The van der Waals surface area contributed by atoms with Crippen molar-refractivity contribution in [3.8, 4) is 0 Å². The van der Waals surface area contributed by atoms with Gasteiger partial charge in [-0.15, -0.1) is 0 Å². The number of rotatable bonds is 16. The Labute approximate surface area is 173 Å². The molecule has 1 unspecified atom stereocenters. The number of carbonyl (C=O) groups is 3. The van der Waals surface area contributed by atoms with Gasteiger partial charge in [0.2, 0.25) is 0 Å². The number of allylic oxidation sites excluding steroid dienone is 5. The minimum atomic E-state index is -1.21. The fourth-order valence-corrected chi connectivity index (χ4v) is 2.69. The number of ether oxygens (including phenoxy) is 1. The largest absolute Gasteiger partial charge is 0.550 e. The molecular formula is C22H35NO6. The smallest absolute Gasteiger partial charge is 0.328 e. The van der Waals surface area contributed by atoms with Crippen LogP contribution in [0, 0.1) is 0 Å². The second-order valence-corrected chi connectivity index (χ2v) is 7.98. The Balaban J connectivity index is 3.84. The first kappa shape index (κ1) is 26.6. The van der Waals surface area contributed by atoms with Crippen molar-refractivity contribution in [3.63, 3.8) is 0 Å². The Morgan fingerprint density at radius 2 is 1.59 bits per heavy atom. The molecule has 0 aromatic rings. The average molecular weight is 410 g/mol. The van der Waals surface area contributed by atoms with Gasteiger partial charge in [0.25, 0.3) is 0 Å². The van der Waals surface area contributed by atoms with Gasteiger partial charge in [-0.3, -0.25) is 4.79 Å². The summed E-state index contributed by atoms with van der Waals surface area (Å²) in [6, 6.07) is 0. The third-order valence-corrected chi connectivity index (χ3v) is 3.90. The second-order valence-electron chi connectivity index (χ2n) is 7.98. The van der Waals surface area contributed by atoms with Crippen LogP contribution in [0.4, 0.5) is 0 Å². The summed E-state index contributed by atoms with van der Waals surface area (Å²) in [5.41, 5.74) is 0. The average Bonchev–Trinajstić information content (AvgIpc) is 2.56. The highest BCUT2D eigenvalue weighted by Crippen LogP contribution is 2.11. The molecule has 7 heteroatoms. The first-order chi connectivity index (χ1) is 13.6. The van der Waals surface area contributed by atoms with Crippen LogP contribution < -0.4 is 5.11 Å². The molecule has 0 bridgehead atoms. The van der Waals surface area contributed by atoms with Gasteiger partial charge in [0.15, 0.2) is 6.10 Å². The number of carbonyl (C=O) groups excluding carboxylic acids is 2. The highest BCUT2D eigenvalue weighted by molar-refractivity contribution is 5.80. The summed E-state index contributed by atoms with van der Waals surface area (Å²) in [6.07, 6.45) is 15.1. The Morgan fingerprint density at radius 3 is 2.21 bits per heavy atom. The van der Waals surface area contributed by atoms with E-state index in [9.17, 15) is 19.5 Å². The number of hydrogen-bond donors (Lipinski definition) is 1. The molecule has 0 aromatic carbocycles. The quantitative estimate of drug-likeness (QED) is 0.138. The van der Waals surface area contributed by atoms with E-state index in [-0.39, 0.29) is 12.4 Å². The second kappa shape index (κ2) is 15.5. The molecular weight excluding hydrogens is 374 g/mol. The number of carboxylic acid groups (broad SMARTS) is 2. The summed E-state index contributed by atoms with van der Waals surface area (Å²) < 4.78 is 5.83. The molecule has 0 radical (unpaired) electrons. The van der Waals surface area contributed by atoms with Crippen molar-refractivity contribution in [2.75, 3.05) is 27.7 Å². The zero-order chi connectivity index (χ0) is 22.1. The molecule has 0 heterocycles. The lowest BCUT2D eigenvalue weighted by atomic mass is 10.1. The molecule has 0 aliphatic carbocycles. The normalized spacial score (nSPS) is 13.3. The Kier molecular flexibility index (Phi) is 14.2. The van der Waals surface area contributed by atoms with Crippen LogP contribution in [0.25, 0.3) is 0 Å². The minimum Gasteiger partial charge on any atom is -0.550 e. The van der Waals surface area contributed by atoms with Crippen molar-refractivity contribution >= 4 is 17.9 Å². The van der Waals surface area contributed by atoms with Gasteiger partial charge in [-0.25, -0.2) is 4.79 Å². The van der Waals surface area contributed by atoms with Crippen LogP contribution in [0.5, 0.6) is 0 Å². The van der Waals surface area contributed by atoms with E-state index in [0.29, 0.717) is 17.4 Å². The van der Waals surface area contributed by atoms with E-state index in [1.54, 1.807) is 12.2 Å². The fourth-order valence-electron chi connectivity index (χ4n) is 2.69. The summed E-state index contributed by atoms with van der Waals surface area (Å²) in [4.78, 5) is 33.0. The number of carboxylic acids is 2. The standard InChI is InChI=1S/C22H35NO6/c1-23(2,3)18-19(17-21(26)27)29-22(28)16-14-12-10-8-6-4-5-7-9-11-13-15-20(24)25/h5,7,9,11,13,15,19H,4,6,8,10,12,14,16-18H2,1-3H3,(H-,24,25,26,27)/b7-5+,11-9+,15-13+. The SMILES string of the molecule is C[N+](C)(C)CC(CC(=O)[O-])OC(=O)CCCCCCC/C=C/C=C/C=C/C(=O)O. The van der Waals surface area contributed by atoms with Gasteiger partial charge in [0, 0.05) is 24.9 Å². The number of unbranched alkanes of at least 4 members (excludes halogenated alkanes) is 5. The van der Waals surface area contributed by atoms with E-state index in [1.165, 1.54) is 6.08 Å². The van der Waals surface area contributed by atoms with Gasteiger partial charge in [-0.2, -0.15) is 0 Å². The lowest BCUT2D eigenvalue weighted by Gasteiger charge is -2.29. The van der Waals surface area contributed by atoms with E-state index < -0.39 is 18.0 Å². The molecule has 0 spiro atoms. The number of nitrogens with zero attached hydrogens (tertiary/aromatic N) is 1. The molecule has 0 aromatic heterocycles. The highest BCUT2D eigenvalue weighted by atomic mass is 16.5. The summed E-state index contributed by atoms with van der Waals surface area (Å²) in [5, 5.41) is 19.3. The first-order valence-corrected chi connectivity index (χ1v) is 10.0. The van der Waals surface area contributed by atoms with Crippen LogP contribution in [0.1, 0.15) is 51.4 Å². The van der Waals surface area contributed by atoms with Gasteiger partial charge in [0.05, 0.1) is 21.1 Å². The molecule has 0 fully saturated rings. The Morgan fingerprint density at radius 1 is 0.966 bits per heavy atom. The maximum atomic E-state index is 11.9. The molecule has 1 N–H and O–H groups in total. The zero-order valence-electron chi connectivity index (χ0n) is 17.8. The van der Waals surface area contributed by atoms with Crippen molar-refractivity contribution in [2.24, 2.45) is 0 Å². The molecule has 0 rings (SSSR count). The highest BCUT2D eigenvalue weighted by Gasteiger charge is 2.22. The van der Waals surface area contributed by atoms with Crippen molar-refractivity contribution < 1.29 is 33.8 Å². The van der Waals surface area contributed by atoms with Gasteiger partial charge >= 0.3 is 11.9 Å². The number of aliphatic carboxylic acids is 2. The van der Waals surface area contributed by atoms with Crippen LogP contribution in [-0.2, 0) is 19.1 Å².